The first-order valence-corrected chi connectivity index (χ1v) is 10.5. The number of aliphatic imine (C=N–C) groups is 1. The molecule has 0 saturated heterocycles. The summed E-state index contributed by atoms with van der Waals surface area (Å²) in [5, 5.41) is 13.5. The van der Waals surface area contributed by atoms with E-state index < -0.39 is 6.10 Å². The number of aliphatic hydroxyl groups excluding tert-OH is 1. The lowest BCUT2D eigenvalue weighted by Gasteiger charge is -2.21. The van der Waals surface area contributed by atoms with Gasteiger partial charge in [0.05, 0.1) is 44.3 Å². The van der Waals surface area contributed by atoms with Gasteiger partial charge in [0.2, 0.25) is 0 Å². The zero-order valence-electron chi connectivity index (χ0n) is 18.2. The molecular weight excluding hydrogens is 390 g/mol. The van der Waals surface area contributed by atoms with Crippen molar-refractivity contribution in [3.05, 3.63) is 78.2 Å². The van der Waals surface area contributed by atoms with Crippen LogP contribution in [-0.4, -0.2) is 58.8 Å². The van der Waals surface area contributed by atoms with E-state index in [1.54, 1.807) is 0 Å². The third-order valence-corrected chi connectivity index (χ3v) is 4.67. The van der Waals surface area contributed by atoms with Crippen molar-refractivity contribution in [3.63, 3.8) is 0 Å². The molecule has 31 heavy (non-hydrogen) atoms. The molecule has 3 N–H and O–H groups in total. The highest BCUT2D eigenvalue weighted by Gasteiger charge is 2.11. The summed E-state index contributed by atoms with van der Waals surface area (Å²) in [7, 11) is 1.95. The molecule has 1 atom stereocenters. The Hall–Kier alpha value is -3.16. The Kier molecular flexibility index (Phi) is 8.63. The molecule has 0 saturated carbocycles. The molecule has 0 aliphatic heterocycles. The fourth-order valence-electron chi connectivity index (χ4n) is 3.11. The summed E-state index contributed by atoms with van der Waals surface area (Å²) in [4.78, 5) is 14.4. The predicted molar refractivity (Wildman–Crippen MR) is 124 cm³/mol. The lowest BCUT2D eigenvalue weighted by Crippen LogP contribution is -2.39. The van der Waals surface area contributed by atoms with Crippen molar-refractivity contribution in [2.75, 3.05) is 26.7 Å². The second-order valence-corrected chi connectivity index (χ2v) is 7.31. The predicted octanol–water partition coefficient (Wildman–Crippen LogP) is 3.05. The molecule has 7 nitrogen and oxygen atoms in total. The zero-order valence-corrected chi connectivity index (χ0v) is 18.2. The quantitative estimate of drug-likeness (QED) is 0.346. The van der Waals surface area contributed by atoms with E-state index in [0.717, 1.165) is 29.2 Å². The monoisotopic (exact) mass is 421 g/mol. The van der Waals surface area contributed by atoms with Crippen LogP contribution >= 0.6 is 0 Å². The first-order valence-electron chi connectivity index (χ1n) is 10.5. The van der Waals surface area contributed by atoms with Crippen molar-refractivity contribution in [2.45, 2.75) is 26.2 Å². The van der Waals surface area contributed by atoms with Crippen LogP contribution in [0.15, 0.2) is 71.9 Å². The lowest BCUT2D eigenvalue weighted by atomic mass is 10.2. The van der Waals surface area contributed by atoms with Crippen LogP contribution in [0.25, 0.3) is 11.3 Å². The van der Waals surface area contributed by atoms with Gasteiger partial charge in [0.15, 0.2) is 5.96 Å². The van der Waals surface area contributed by atoms with E-state index in [9.17, 15) is 5.11 Å². The van der Waals surface area contributed by atoms with Crippen molar-refractivity contribution in [3.8, 4) is 11.3 Å². The molecule has 0 fully saturated rings. The number of nitrogens with zero attached hydrogens (tertiary/aromatic N) is 3. The largest absolute Gasteiger partial charge is 0.389 e. The Balaban J connectivity index is 1.51. The molecule has 0 amide bonds. The first kappa shape index (κ1) is 22.5. The third kappa shape index (κ3) is 7.24. The van der Waals surface area contributed by atoms with Crippen molar-refractivity contribution < 1.29 is 9.84 Å². The number of aliphatic hydroxyl groups is 1. The molecule has 0 bridgehead atoms. The highest BCUT2D eigenvalue weighted by atomic mass is 16.5. The van der Waals surface area contributed by atoms with Gasteiger partial charge in [-0.3, -0.25) is 4.99 Å². The van der Waals surface area contributed by atoms with Crippen molar-refractivity contribution in [2.24, 2.45) is 4.99 Å². The first-order chi connectivity index (χ1) is 15.2. The van der Waals surface area contributed by atoms with Gasteiger partial charge in [0, 0.05) is 13.6 Å². The molecule has 164 valence electrons. The van der Waals surface area contributed by atoms with Crippen LogP contribution in [0.2, 0.25) is 0 Å². The lowest BCUT2D eigenvalue weighted by molar-refractivity contribution is 0.0330. The number of aromatic amines is 1. The highest BCUT2D eigenvalue weighted by Crippen LogP contribution is 2.16. The number of ether oxygens (including phenoxy) is 1. The maximum Gasteiger partial charge on any atom is 0.194 e. The van der Waals surface area contributed by atoms with Crippen LogP contribution in [0.1, 0.15) is 18.3 Å². The zero-order chi connectivity index (χ0) is 21.9. The average Bonchev–Trinajstić information content (AvgIpc) is 3.26. The fraction of sp³-hybridized carbons (Fsp3) is 0.333. The van der Waals surface area contributed by atoms with Gasteiger partial charge in [-0.2, -0.15) is 0 Å². The molecule has 1 heterocycles. The van der Waals surface area contributed by atoms with Crippen LogP contribution in [0.4, 0.5) is 0 Å². The van der Waals surface area contributed by atoms with Crippen LogP contribution < -0.4 is 5.32 Å². The Morgan fingerprint density at radius 2 is 1.87 bits per heavy atom. The number of H-pyrrole nitrogens is 1. The van der Waals surface area contributed by atoms with Crippen LogP contribution in [0.5, 0.6) is 0 Å². The minimum absolute atomic E-state index is 0.236. The summed E-state index contributed by atoms with van der Waals surface area (Å²) in [6.45, 7) is 4.29. The number of aromatic nitrogens is 2. The molecule has 0 aliphatic carbocycles. The SMILES string of the molecule is CCNC(=NCC(O)COCc1ccccc1)N(C)Cc1ncc(-c2ccccc2)[nH]1. The van der Waals surface area contributed by atoms with Crippen molar-refractivity contribution in [1.29, 1.82) is 0 Å². The van der Waals surface area contributed by atoms with E-state index in [0.29, 0.717) is 19.1 Å². The maximum atomic E-state index is 10.2. The van der Waals surface area contributed by atoms with Gasteiger partial charge < -0.3 is 25.0 Å². The third-order valence-electron chi connectivity index (χ3n) is 4.67. The van der Waals surface area contributed by atoms with Gasteiger partial charge in [-0.1, -0.05) is 60.7 Å². The van der Waals surface area contributed by atoms with Crippen molar-refractivity contribution >= 4 is 5.96 Å². The van der Waals surface area contributed by atoms with Crippen molar-refractivity contribution in [1.82, 2.24) is 20.2 Å². The topological polar surface area (TPSA) is 85.8 Å². The molecule has 3 aromatic rings. The molecule has 0 radical (unpaired) electrons. The minimum atomic E-state index is -0.668. The maximum absolute atomic E-state index is 10.2. The number of rotatable bonds is 10. The summed E-state index contributed by atoms with van der Waals surface area (Å²) in [5.41, 5.74) is 3.17. The minimum Gasteiger partial charge on any atom is -0.389 e. The summed E-state index contributed by atoms with van der Waals surface area (Å²) in [6, 6.07) is 20.0. The number of nitrogens with one attached hydrogen (secondary N) is 2. The van der Waals surface area contributed by atoms with E-state index in [1.807, 2.05) is 85.7 Å². The average molecular weight is 422 g/mol. The Morgan fingerprint density at radius 1 is 1.16 bits per heavy atom. The number of imidazole rings is 1. The Bertz CT molecular complexity index is 927. The van der Waals surface area contributed by atoms with Crippen LogP contribution in [0.3, 0.4) is 0 Å². The number of hydrogen-bond donors (Lipinski definition) is 3. The van der Waals surface area contributed by atoms with E-state index in [4.69, 9.17) is 4.74 Å². The molecular formula is C24H31N5O2. The summed E-state index contributed by atoms with van der Waals surface area (Å²) in [6.07, 6.45) is 1.18. The molecule has 1 unspecified atom stereocenters. The van der Waals surface area contributed by atoms with Gasteiger partial charge in [0.25, 0.3) is 0 Å². The van der Waals surface area contributed by atoms with Crippen LogP contribution in [-0.2, 0) is 17.9 Å². The van der Waals surface area contributed by atoms with Gasteiger partial charge in [-0.05, 0) is 18.1 Å². The molecule has 7 heteroatoms. The Morgan fingerprint density at radius 3 is 2.58 bits per heavy atom. The van der Waals surface area contributed by atoms with Gasteiger partial charge >= 0.3 is 0 Å². The second-order valence-electron chi connectivity index (χ2n) is 7.31. The highest BCUT2D eigenvalue weighted by molar-refractivity contribution is 5.79. The summed E-state index contributed by atoms with van der Waals surface area (Å²) < 4.78 is 5.61. The summed E-state index contributed by atoms with van der Waals surface area (Å²) in [5.74, 6) is 1.56. The number of guanidine groups is 1. The molecule has 0 aliphatic rings. The molecule has 3 rings (SSSR count). The van der Waals surface area contributed by atoms with Gasteiger partial charge in [0.1, 0.15) is 5.82 Å². The van der Waals surface area contributed by atoms with E-state index in [2.05, 4.69) is 20.3 Å². The molecule has 1 aromatic heterocycles. The molecule has 2 aromatic carbocycles. The normalized spacial score (nSPS) is 12.5. The number of hydrogen-bond acceptors (Lipinski definition) is 4. The van der Waals surface area contributed by atoms with E-state index in [1.165, 1.54) is 0 Å². The summed E-state index contributed by atoms with van der Waals surface area (Å²) >= 11 is 0. The fourth-order valence-corrected chi connectivity index (χ4v) is 3.11. The van der Waals surface area contributed by atoms with Gasteiger partial charge in [-0.15, -0.1) is 0 Å². The van der Waals surface area contributed by atoms with Crippen LogP contribution in [0, 0.1) is 0 Å². The van der Waals surface area contributed by atoms with E-state index >= 15 is 0 Å². The second kappa shape index (κ2) is 11.9. The molecule has 0 spiro atoms. The standard InChI is InChI=1S/C24H31N5O2/c1-3-25-24(27-14-21(30)18-31-17-19-10-6-4-7-11-19)29(2)16-23-26-15-22(28-23)20-12-8-5-9-13-20/h4-13,15,21,30H,3,14,16-18H2,1-2H3,(H,25,27)(H,26,28). The van der Waals surface area contributed by atoms with Gasteiger partial charge in [-0.25, -0.2) is 4.98 Å². The Labute approximate surface area is 183 Å². The smallest absolute Gasteiger partial charge is 0.194 e. The number of benzene rings is 2. The van der Waals surface area contributed by atoms with E-state index in [-0.39, 0.29) is 13.2 Å².